The number of hydrogen-bond acceptors (Lipinski definition) is 6. The lowest BCUT2D eigenvalue weighted by Crippen LogP contribution is -2.21. The van der Waals surface area contributed by atoms with Crippen LogP contribution in [0.5, 0.6) is 0 Å². The molecule has 3 aromatic heterocycles. The maximum atomic E-state index is 12.6. The average Bonchev–Trinajstić information content (AvgIpc) is 3.06. The normalized spacial score (nSPS) is 12.0. The molecular weight excluding hydrogens is 337 g/mol. The zero-order valence-electron chi connectivity index (χ0n) is 11.1. The summed E-state index contributed by atoms with van der Waals surface area (Å²) in [5.74, 6) is 0.377. The SMILES string of the molecule is CN(Cc1nc2ccsc2c(=O)[nH]1)c1nc(C(F)(F)F)cs1. The molecule has 0 saturated carbocycles. The third-order valence-corrected chi connectivity index (χ3v) is 4.72. The summed E-state index contributed by atoms with van der Waals surface area (Å²) >= 11 is 2.18. The number of nitrogens with one attached hydrogen (secondary N) is 1. The van der Waals surface area contributed by atoms with Gasteiger partial charge in [0.1, 0.15) is 10.5 Å². The van der Waals surface area contributed by atoms with Gasteiger partial charge in [-0.2, -0.15) is 13.2 Å². The van der Waals surface area contributed by atoms with Crippen LogP contribution in [0.15, 0.2) is 21.6 Å². The maximum Gasteiger partial charge on any atom is 0.434 e. The number of H-pyrrole nitrogens is 1. The summed E-state index contributed by atoms with van der Waals surface area (Å²) in [6.45, 7) is 0.159. The van der Waals surface area contributed by atoms with Crippen molar-refractivity contribution in [1.29, 1.82) is 0 Å². The molecule has 0 unspecified atom stereocenters. The molecule has 0 aliphatic carbocycles. The van der Waals surface area contributed by atoms with Gasteiger partial charge in [-0.1, -0.05) is 0 Å². The predicted molar refractivity (Wildman–Crippen MR) is 79.5 cm³/mol. The van der Waals surface area contributed by atoms with Crippen molar-refractivity contribution in [2.45, 2.75) is 12.7 Å². The Hall–Kier alpha value is -1.94. The second kappa shape index (κ2) is 5.36. The van der Waals surface area contributed by atoms with Gasteiger partial charge in [-0.05, 0) is 11.4 Å². The van der Waals surface area contributed by atoms with Crippen molar-refractivity contribution in [3.05, 3.63) is 38.7 Å². The van der Waals surface area contributed by atoms with Crippen LogP contribution in [0.1, 0.15) is 11.5 Å². The molecule has 1 N–H and O–H groups in total. The van der Waals surface area contributed by atoms with Crippen LogP contribution in [-0.4, -0.2) is 22.0 Å². The molecule has 116 valence electrons. The highest BCUT2D eigenvalue weighted by Crippen LogP contribution is 2.32. The van der Waals surface area contributed by atoms with E-state index in [-0.39, 0.29) is 17.2 Å². The fourth-order valence-corrected chi connectivity index (χ4v) is 3.38. The monoisotopic (exact) mass is 346 g/mol. The third kappa shape index (κ3) is 2.83. The fraction of sp³-hybridized carbons (Fsp3) is 0.250. The zero-order valence-corrected chi connectivity index (χ0v) is 12.8. The first-order chi connectivity index (χ1) is 10.3. The van der Waals surface area contributed by atoms with Crippen molar-refractivity contribution in [1.82, 2.24) is 15.0 Å². The molecule has 3 aromatic rings. The van der Waals surface area contributed by atoms with Crippen molar-refractivity contribution in [3.63, 3.8) is 0 Å². The molecule has 22 heavy (non-hydrogen) atoms. The van der Waals surface area contributed by atoms with Crippen LogP contribution in [0.3, 0.4) is 0 Å². The van der Waals surface area contributed by atoms with Crippen LogP contribution in [0.4, 0.5) is 18.3 Å². The molecule has 10 heteroatoms. The minimum Gasteiger partial charge on any atom is -0.344 e. The number of rotatable bonds is 3. The molecule has 0 amide bonds. The summed E-state index contributed by atoms with van der Waals surface area (Å²) < 4.78 is 38.2. The number of aromatic amines is 1. The molecule has 0 bridgehead atoms. The molecule has 0 spiro atoms. The Kier molecular flexibility index (Phi) is 3.65. The predicted octanol–water partition coefficient (Wildman–Crippen LogP) is 3.10. The standard InChI is InChI=1S/C12H9F3N4OS2/c1-19(11-17-7(5-22-11)12(13,14)15)4-8-16-6-2-3-21-9(6)10(20)18-8/h2-3,5H,4H2,1H3,(H,16,18,20). The summed E-state index contributed by atoms with van der Waals surface area (Å²) in [6.07, 6.45) is -4.46. The minimum atomic E-state index is -4.46. The Morgan fingerprint density at radius 1 is 1.32 bits per heavy atom. The molecule has 0 aliphatic rings. The van der Waals surface area contributed by atoms with Gasteiger partial charge >= 0.3 is 6.18 Å². The number of thiazole rings is 1. The maximum absolute atomic E-state index is 12.6. The van der Waals surface area contributed by atoms with Crippen molar-refractivity contribution in [2.24, 2.45) is 0 Å². The van der Waals surface area contributed by atoms with Gasteiger partial charge in [-0.3, -0.25) is 4.79 Å². The van der Waals surface area contributed by atoms with Gasteiger partial charge in [0.2, 0.25) is 0 Å². The van der Waals surface area contributed by atoms with Gasteiger partial charge < -0.3 is 9.88 Å². The van der Waals surface area contributed by atoms with E-state index in [0.717, 1.165) is 16.7 Å². The van der Waals surface area contributed by atoms with E-state index in [9.17, 15) is 18.0 Å². The van der Waals surface area contributed by atoms with Gasteiger partial charge in [-0.15, -0.1) is 22.7 Å². The zero-order chi connectivity index (χ0) is 15.9. The first kappa shape index (κ1) is 15.0. The summed E-state index contributed by atoms with van der Waals surface area (Å²) in [5, 5.41) is 2.93. The second-order valence-corrected chi connectivity index (χ2v) is 6.27. The third-order valence-electron chi connectivity index (χ3n) is 2.86. The summed E-state index contributed by atoms with van der Waals surface area (Å²) in [5.41, 5.74) is -0.597. The van der Waals surface area contributed by atoms with E-state index in [1.54, 1.807) is 18.5 Å². The number of alkyl halides is 3. The largest absolute Gasteiger partial charge is 0.434 e. The molecule has 0 fully saturated rings. The molecule has 0 saturated heterocycles. The quantitative estimate of drug-likeness (QED) is 0.792. The molecule has 0 radical (unpaired) electrons. The minimum absolute atomic E-state index is 0.159. The highest BCUT2D eigenvalue weighted by atomic mass is 32.1. The average molecular weight is 346 g/mol. The lowest BCUT2D eigenvalue weighted by Gasteiger charge is -2.14. The van der Waals surface area contributed by atoms with Gasteiger partial charge in [0.25, 0.3) is 5.56 Å². The van der Waals surface area contributed by atoms with E-state index in [2.05, 4.69) is 15.0 Å². The molecule has 3 heterocycles. The van der Waals surface area contributed by atoms with Crippen LogP contribution in [0.25, 0.3) is 10.2 Å². The lowest BCUT2D eigenvalue weighted by molar-refractivity contribution is -0.140. The summed E-state index contributed by atoms with van der Waals surface area (Å²) in [6, 6.07) is 1.73. The van der Waals surface area contributed by atoms with Gasteiger partial charge in [0.05, 0.1) is 12.1 Å². The van der Waals surface area contributed by atoms with Crippen LogP contribution in [0.2, 0.25) is 0 Å². The van der Waals surface area contributed by atoms with E-state index < -0.39 is 11.9 Å². The highest BCUT2D eigenvalue weighted by molar-refractivity contribution is 7.17. The molecule has 0 atom stereocenters. The Morgan fingerprint density at radius 2 is 2.09 bits per heavy atom. The van der Waals surface area contributed by atoms with E-state index >= 15 is 0 Å². The number of anilines is 1. The van der Waals surface area contributed by atoms with Crippen molar-refractivity contribution in [3.8, 4) is 0 Å². The second-order valence-electron chi connectivity index (χ2n) is 4.52. The summed E-state index contributed by atoms with van der Waals surface area (Å²) in [7, 11) is 1.59. The van der Waals surface area contributed by atoms with Gasteiger partial charge in [-0.25, -0.2) is 9.97 Å². The van der Waals surface area contributed by atoms with Crippen molar-refractivity contribution < 1.29 is 13.2 Å². The Labute approximate surface area is 130 Å². The van der Waals surface area contributed by atoms with Crippen LogP contribution < -0.4 is 10.5 Å². The smallest absolute Gasteiger partial charge is 0.344 e. The topological polar surface area (TPSA) is 61.9 Å². The molecule has 0 aromatic carbocycles. The van der Waals surface area contributed by atoms with E-state index in [1.165, 1.54) is 16.2 Å². The Bertz CT molecular complexity index is 867. The van der Waals surface area contributed by atoms with Crippen LogP contribution in [-0.2, 0) is 12.7 Å². The van der Waals surface area contributed by atoms with Crippen molar-refractivity contribution in [2.75, 3.05) is 11.9 Å². The number of hydrogen-bond donors (Lipinski definition) is 1. The van der Waals surface area contributed by atoms with Gasteiger partial charge in [0.15, 0.2) is 10.8 Å². The Morgan fingerprint density at radius 3 is 2.77 bits per heavy atom. The van der Waals surface area contributed by atoms with E-state index in [4.69, 9.17) is 0 Å². The molecular formula is C12H9F3N4OS2. The Balaban J connectivity index is 1.85. The number of nitrogens with zero attached hydrogens (tertiary/aromatic N) is 3. The first-order valence-corrected chi connectivity index (χ1v) is 7.81. The number of fused-ring (bicyclic) bond motifs is 1. The summed E-state index contributed by atoms with van der Waals surface area (Å²) in [4.78, 5) is 23.8. The van der Waals surface area contributed by atoms with E-state index in [0.29, 0.717) is 16.0 Å². The highest BCUT2D eigenvalue weighted by Gasteiger charge is 2.34. The molecule has 3 rings (SSSR count). The molecule has 0 aliphatic heterocycles. The fourth-order valence-electron chi connectivity index (χ4n) is 1.86. The van der Waals surface area contributed by atoms with Crippen molar-refractivity contribution >= 4 is 38.0 Å². The van der Waals surface area contributed by atoms with Crippen LogP contribution in [0, 0.1) is 0 Å². The van der Waals surface area contributed by atoms with Crippen LogP contribution >= 0.6 is 22.7 Å². The lowest BCUT2D eigenvalue weighted by atomic mass is 10.4. The first-order valence-electron chi connectivity index (χ1n) is 6.05. The van der Waals surface area contributed by atoms with E-state index in [1.807, 2.05) is 0 Å². The van der Waals surface area contributed by atoms with Gasteiger partial charge in [0, 0.05) is 12.4 Å². The number of halogens is 3. The molecule has 5 nitrogen and oxygen atoms in total. The number of aromatic nitrogens is 3. The number of thiophene rings is 1.